The second-order valence-corrected chi connectivity index (χ2v) is 1.97. The lowest BCUT2D eigenvalue weighted by Crippen LogP contribution is -2.53. The van der Waals surface area contributed by atoms with Gasteiger partial charge in [-0.2, -0.15) is 0 Å². The quantitative estimate of drug-likeness (QED) is 0.464. The molecule has 0 aromatic rings. The summed E-state index contributed by atoms with van der Waals surface area (Å²) in [6.07, 6.45) is 0.128. The number of carbonyl (C=O) groups excluding carboxylic acids is 1. The molecule has 0 heterocycles. The van der Waals surface area contributed by atoms with E-state index < -0.39 is 5.97 Å². The van der Waals surface area contributed by atoms with Crippen molar-refractivity contribution in [2.45, 2.75) is 13.3 Å². The monoisotopic (exact) mass is 117 g/mol. The lowest BCUT2D eigenvalue weighted by molar-refractivity contribution is -0.380. The van der Waals surface area contributed by atoms with E-state index >= 15 is 0 Å². The summed E-state index contributed by atoms with van der Waals surface area (Å²) in [5, 5.41) is 9.83. The van der Waals surface area contributed by atoms with Crippen molar-refractivity contribution in [1.82, 2.24) is 0 Å². The molecule has 1 atom stereocenters. The summed E-state index contributed by atoms with van der Waals surface area (Å²) in [6, 6.07) is 0. The molecule has 0 saturated heterocycles. The van der Waals surface area contributed by atoms with Gasteiger partial charge in [0, 0.05) is 11.9 Å². The summed E-state index contributed by atoms with van der Waals surface area (Å²) in [6.45, 7) is 2.50. The third-order valence-electron chi connectivity index (χ3n) is 1.01. The Bertz CT molecular complexity index is 82.5. The molecule has 3 N–H and O–H groups in total. The van der Waals surface area contributed by atoms with Crippen LogP contribution in [0.2, 0.25) is 0 Å². The maximum atomic E-state index is 9.83. The summed E-state index contributed by atoms with van der Waals surface area (Å²) >= 11 is 0. The molecule has 0 bridgehead atoms. The molecule has 3 heteroatoms. The molecule has 8 heavy (non-hydrogen) atoms. The van der Waals surface area contributed by atoms with Crippen molar-refractivity contribution in [3.8, 4) is 0 Å². The zero-order chi connectivity index (χ0) is 6.57. The average molecular weight is 117 g/mol. The van der Waals surface area contributed by atoms with E-state index in [1.165, 1.54) is 0 Å². The van der Waals surface area contributed by atoms with Gasteiger partial charge in [0.25, 0.3) is 0 Å². The first kappa shape index (κ1) is 7.43. The summed E-state index contributed by atoms with van der Waals surface area (Å²) < 4.78 is 0. The molecule has 0 aromatic carbocycles. The topological polar surface area (TPSA) is 67.8 Å². The molecule has 3 nitrogen and oxygen atoms in total. The van der Waals surface area contributed by atoms with Crippen LogP contribution >= 0.6 is 0 Å². The highest BCUT2D eigenvalue weighted by Crippen LogP contribution is 1.94. The number of hydrogen-bond donors (Lipinski definition) is 1. The third-order valence-corrected chi connectivity index (χ3v) is 1.01. The molecular weight excluding hydrogens is 106 g/mol. The van der Waals surface area contributed by atoms with E-state index in [1.807, 2.05) is 6.92 Å². The number of quaternary nitrogens is 1. The molecule has 0 aromatic heterocycles. The lowest BCUT2D eigenvalue weighted by atomic mass is 10.1. The zero-order valence-electron chi connectivity index (χ0n) is 5.02. The van der Waals surface area contributed by atoms with Gasteiger partial charge in [-0.05, 0) is 6.42 Å². The Morgan fingerprint density at radius 2 is 2.38 bits per heavy atom. The van der Waals surface area contributed by atoms with Crippen LogP contribution < -0.4 is 10.8 Å². The second kappa shape index (κ2) is 3.43. The first-order chi connectivity index (χ1) is 3.66. The highest BCUT2D eigenvalue weighted by atomic mass is 16.4. The Balaban J connectivity index is 3.24. The first-order valence-electron chi connectivity index (χ1n) is 2.66. The normalized spacial score (nSPS) is 13.2. The number of carboxylic acid groups (broad SMARTS) is 1. The minimum absolute atomic E-state index is 0.128. The van der Waals surface area contributed by atoms with Gasteiger partial charge in [-0.3, -0.25) is 0 Å². The van der Waals surface area contributed by atoms with Crippen LogP contribution in [0.25, 0.3) is 0 Å². The minimum Gasteiger partial charge on any atom is -0.550 e. The predicted octanol–water partition coefficient (Wildman–Crippen LogP) is -2.00. The van der Waals surface area contributed by atoms with E-state index in [2.05, 4.69) is 5.73 Å². The highest BCUT2D eigenvalue weighted by molar-refractivity contribution is 5.64. The maximum absolute atomic E-state index is 9.83. The van der Waals surface area contributed by atoms with E-state index in [-0.39, 0.29) is 12.3 Å². The van der Waals surface area contributed by atoms with Gasteiger partial charge in [-0.15, -0.1) is 0 Å². The van der Waals surface area contributed by atoms with Crippen molar-refractivity contribution in [2.75, 3.05) is 6.54 Å². The van der Waals surface area contributed by atoms with E-state index in [0.717, 1.165) is 0 Å². The largest absolute Gasteiger partial charge is 0.550 e. The van der Waals surface area contributed by atoms with Crippen LogP contribution in [-0.2, 0) is 4.79 Å². The molecule has 0 aliphatic heterocycles. The van der Waals surface area contributed by atoms with E-state index in [4.69, 9.17) is 0 Å². The maximum Gasteiger partial charge on any atom is 0.0769 e. The van der Waals surface area contributed by atoms with Crippen LogP contribution in [0.15, 0.2) is 0 Å². The number of hydrogen-bond acceptors (Lipinski definition) is 2. The van der Waals surface area contributed by atoms with Crippen molar-refractivity contribution >= 4 is 5.97 Å². The molecule has 0 saturated carbocycles. The lowest BCUT2D eigenvalue weighted by Gasteiger charge is -2.04. The molecule has 0 rings (SSSR count). The molecule has 0 fully saturated rings. The van der Waals surface area contributed by atoms with Crippen LogP contribution in [0.5, 0.6) is 0 Å². The standard InChI is InChI=1S/C5H11NO2/c1-4(3-6)2-5(7)8/h4H,2-3,6H2,1H3,(H,7,8)/t4-/m1/s1. The predicted molar refractivity (Wildman–Crippen MR) is 26.5 cm³/mol. The number of carbonyl (C=O) groups is 1. The SMILES string of the molecule is C[C@@H](C[NH3+])CC(=O)[O-]. The fourth-order valence-electron chi connectivity index (χ4n) is 0.387. The molecule has 0 aliphatic carbocycles. The average Bonchev–Trinajstić information content (AvgIpc) is 1.65. The van der Waals surface area contributed by atoms with Crippen molar-refractivity contribution in [1.29, 1.82) is 0 Å². The van der Waals surface area contributed by atoms with Crippen LogP contribution in [0.1, 0.15) is 13.3 Å². The fourth-order valence-corrected chi connectivity index (χ4v) is 0.387. The van der Waals surface area contributed by atoms with Crippen molar-refractivity contribution in [3.63, 3.8) is 0 Å². The number of aliphatic carboxylic acids is 1. The Hall–Kier alpha value is -0.570. The van der Waals surface area contributed by atoms with Crippen LogP contribution in [-0.4, -0.2) is 12.5 Å². The van der Waals surface area contributed by atoms with Gasteiger partial charge in [0.2, 0.25) is 0 Å². The Morgan fingerprint density at radius 1 is 1.88 bits per heavy atom. The zero-order valence-corrected chi connectivity index (χ0v) is 5.02. The van der Waals surface area contributed by atoms with Gasteiger partial charge >= 0.3 is 0 Å². The van der Waals surface area contributed by atoms with Gasteiger partial charge in [-0.25, -0.2) is 0 Å². The summed E-state index contributed by atoms with van der Waals surface area (Å²) in [7, 11) is 0. The van der Waals surface area contributed by atoms with Crippen molar-refractivity contribution in [3.05, 3.63) is 0 Å². The molecule has 0 unspecified atom stereocenters. The number of carboxylic acids is 1. The first-order valence-corrected chi connectivity index (χ1v) is 2.66. The van der Waals surface area contributed by atoms with Crippen molar-refractivity contribution in [2.24, 2.45) is 5.92 Å². The summed E-state index contributed by atoms with van der Waals surface area (Å²) in [5.74, 6) is -0.832. The smallest absolute Gasteiger partial charge is 0.0769 e. The van der Waals surface area contributed by atoms with Crippen LogP contribution in [0.4, 0.5) is 0 Å². The minimum atomic E-state index is -0.985. The van der Waals surface area contributed by atoms with Gasteiger partial charge < -0.3 is 15.6 Å². The van der Waals surface area contributed by atoms with Crippen molar-refractivity contribution < 1.29 is 15.6 Å². The second-order valence-electron chi connectivity index (χ2n) is 1.97. The molecule has 48 valence electrons. The van der Waals surface area contributed by atoms with Gasteiger partial charge in [0.05, 0.1) is 6.54 Å². The van der Waals surface area contributed by atoms with Gasteiger partial charge in [0.15, 0.2) is 0 Å². The Kier molecular flexibility index (Phi) is 3.19. The summed E-state index contributed by atoms with van der Waals surface area (Å²) in [5.41, 5.74) is 3.55. The Labute approximate surface area is 48.5 Å². The third kappa shape index (κ3) is 3.61. The Morgan fingerprint density at radius 3 is 2.50 bits per heavy atom. The van der Waals surface area contributed by atoms with Crippen LogP contribution in [0.3, 0.4) is 0 Å². The number of rotatable bonds is 3. The van der Waals surface area contributed by atoms with Crippen LogP contribution in [0, 0.1) is 5.92 Å². The van der Waals surface area contributed by atoms with Gasteiger partial charge in [-0.1, -0.05) is 6.92 Å². The molecule has 0 spiro atoms. The van der Waals surface area contributed by atoms with E-state index in [9.17, 15) is 9.90 Å². The van der Waals surface area contributed by atoms with E-state index in [1.54, 1.807) is 0 Å². The molecule has 0 amide bonds. The summed E-state index contributed by atoms with van der Waals surface area (Å²) in [4.78, 5) is 9.83. The van der Waals surface area contributed by atoms with E-state index in [0.29, 0.717) is 6.54 Å². The molecule has 0 aliphatic rings. The van der Waals surface area contributed by atoms with Gasteiger partial charge in [0.1, 0.15) is 0 Å². The molecular formula is C5H11NO2. The fraction of sp³-hybridized carbons (Fsp3) is 0.800. The highest BCUT2D eigenvalue weighted by Gasteiger charge is 1.98. The molecule has 0 radical (unpaired) electrons.